The van der Waals surface area contributed by atoms with Crippen molar-refractivity contribution in [3.8, 4) is 44.7 Å². The summed E-state index contributed by atoms with van der Waals surface area (Å²) >= 11 is 0. The highest BCUT2D eigenvalue weighted by molar-refractivity contribution is 6.03. The molecule has 1 unspecified atom stereocenters. The molecule has 2 aliphatic carbocycles. The molecule has 0 amide bonds. The summed E-state index contributed by atoms with van der Waals surface area (Å²) in [7, 11) is 0. The van der Waals surface area contributed by atoms with E-state index in [4.69, 9.17) is 4.42 Å². The molecule has 1 atom stereocenters. The molecule has 3 nitrogen and oxygen atoms in total. The van der Waals surface area contributed by atoms with Crippen LogP contribution in [0.15, 0.2) is 259 Å². The van der Waals surface area contributed by atoms with Crippen LogP contribution in [0.2, 0.25) is 0 Å². The highest BCUT2D eigenvalue weighted by Crippen LogP contribution is 2.66. The Morgan fingerprint density at radius 2 is 0.773 bits per heavy atom. The first kappa shape index (κ1) is 37.9. The lowest BCUT2D eigenvalue weighted by molar-refractivity contribution is 0.628. The maximum Gasteiger partial charge on any atom is 0.140 e. The molecule has 0 aliphatic heterocycles. The Balaban J connectivity index is 1.04. The van der Waals surface area contributed by atoms with E-state index in [1.807, 2.05) is 0 Å². The van der Waals surface area contributed by atoms with Gasteiger partial charge in [0.05, 0.1) is 11.1 Å². The molecule has 310 valence electrons. The highest BCUT2D eigenvalue weighted by Gasteiger charge is 2.54. The summed E-state index contributed by atoms with van der Waals surface area (Å²) in [6, 6.07) is 92.1. The van der Waals surface area contributed by atoms with E-state index in [-0.39, 0.29) is 0 Å². The van der Waals surface area contributed by atoms with Crippen LogP contribution in [-0.4, -0.2) is 0 Å². The van der Waals surface area contributed by atoms with Crippen LogP contribution in [0.5, 0.6) is 0 Å². The van der Waals surface area contributed by atoms with Crippen LogP contribution in [0, 0.1) is 0 Å². The summed E-state index contributed by atoms with van der Waals surface area (Å²) in [5, 5.41) is 1.14. The number of fused-ring (bicyclic) bond motifs is 12. The summed E-state index contributed by atoms with van der Waals surface area (Å²) in [6.07, 6.45) is 0. The van der Waals surface area contributed by atoms with Gasteiger partial charge in [-0.15, -0.1) is 0 Å². The van der Waals surface area contributed by atoms with Crippen LogP contribution >= 0.6 is 0 Å². The van der Waals surface area contributed by atoms with Gasteiger partial charge in [-0.1, -0.05) is 182 Å². The van der Waals surface area contributed by atoms with E-state index in [0.717, 1.165) is 62.0 Å². The summed E-state index contributed by atoms with van der Waals surface area (Å²) in [5.41, 5.74) is 20.1. The predicted octanol–water partition coefficient (Wildman–Crippen LogP) is 17.0. The van der Waals surface area contributed by atoms with Crippen LogP contribution in [0.1, 0.15) is 22.3 Å². The molecular formula is C63H42N2O. The summed E-state index contributed by atoms with van der Waals surface area (Å²) in [6.45, 7) is 0. The van der Waals surface area contributed by atoms with Crippen molar-refractivity contribution in [3.63, 3.8) is 0 Å². The molecule has 3 heteroatoms. The third-order valence-corrected chi connectivity index (χ3v) is 13.7. The van der Waals surface area contributed by atoms with Crippen molar-refractivity contribution in [2.24, 2.45) is 0 Å². The fourth-order valence-electron chi connectivity index (χ4n) is 10.9. The Morgan fingerprint density at radius 1 is 0.303 bits per heavy atom. The predicted molar refractivity (Wildman–Crippen MR) is 273 cm³/mol. The number of benzene rings is 10. The molecule has 66 heavy (non-hydrogen) atoms. The quantitative estimate of drug-likeness (QED) is 0.152. The van der Waals surface area contributed by atoms with Gasteiger partial charge in [-0.05, 0) is 117 Å². The first-order valence-corrected chi connectivity index (χ1v) is 22.7. The monoisotopic (exact) mass is 842 g/mol. The number of hydrogen-bond donors (Lipinski definition) is 0. The molecule has 1 heterocycles. The maximum atomic E-state index is 7.05. The Hall–Kier alpha value is -8.66. The average Bonchev–Trinajstić information content (AvgIpc) is 4.01. The number of rotatable bonds is 8. The Bertz CT molecular complexity index is 3540. The van der Waals surface area contributed by atoms with Crippen LogP contribution in [-0.2, 0) is 5.41 Å². The molecule has 0 N–H and O–H groups in total. The lowest BCUT2D eigenvalue weighted by Gasteiger charge is -2.32. The van der Waals surface area contributed by atoms with Crippen molar-refractivity contribution >= 4 is 45.1 Å². The van der Waals surface area contributed by atoms with Crippen molar-refractivity contribution in [3.05, 3.63) is 277 Å². The van der Waals surface area contributed by atoms with Gasteiger partial charge in [-0.3, -0.25) is 0 Å². The largest absolute Gasteiger partial charge is 0.456 e. The second kappa shape index (κ2) is 15.3. The molecular weight excluding hydrogens is 801 g/mol. The third kappa shape index (κ3) is 5.77. The molecule has 13 rings (SSSR count). The van der Waals surface area contributed by atoms with Crippen LogP contribution in [0.25, 0.3) is 55.7 Å². The minimum Gasteiger partial charge on any atom is -0.456 e. The minimum absolute atomic E-state index is 0.616. The molecule has 1 spiro atoms. The van der Waals surface area contributed by atoms with E-state index < -0.39 is 5.41 Å². The number of para-hydroxylation sites is 4. The summed E-state index contributed by atoms with van der Waals surface area (Å²) in [4.78, 5) is 4.77. The molecule has 11 aromatic rings. The van der Waals surface area contributed by atoms with Crippen LogP contribution in [0.4, 0.5) is 34.1 Å². The molecule has 10 aromatic carbocycles. The van der Waals surface area contributed by atoms with E-state index in [1.165, 1.54) is 50.1 Å². The zero-order valence-electron chi connectivity index (χ0n) is 36.1. The Labute approximate surface area is 384 Å². The molecule has 0 saturated heterocycles. The second-order valence-corrected chi connectivity index (χ2v) is 17.2. The van der Waals surface area contributed by atoms with Crippen molar-refractivity contribution < 1.29 is 4.42 Å². The van der Waals surface area contributed by atoms with Gasteiger partial charge in [0.15, 0.2) is 0 Å². The lowest BCUT2D eigenvalue weighted by atomic mass is 9.70. The first-order chi connectivity index (χ1) is 32.8. The Kier molecular flexibility index (Phi) is 8.75. The third-order valence-electron chi connectivity index (χ3n) is 13.7. The zero-order valence-corrected chi connectivity index (χ0v) is 36.1. The fourth-order valence-corrected chi connectivity index (χ4v) is 10.9. The fraction of sp³-hybridized carbons (Fsp3) is 0.0159. The van der Waals surface area contributed by atoms with Gasteiger partial charge >= 0.3 is 0 Å². The average molecular weight is 843 g/mol. The second-order valence-electron chi connectivity index (χ2n) is 17.2. The molecule has 0 radical (unpaired) electrons. The number of furan rings is 1. The number of anilines is 6. The van der Waals surface area contributed by atoms with E-state index in [0.29, 0.717) is 0 Å². The maximum absolute atomic E-state index is 7.05. The lowest BCUT2D eigenvalue weighted by Crippen LogP contribution is -2.26. The molecule has 1 aromatic heterocycles. The van der Waals surface area contributed by atoms with E-state index >= 15 is 0 Å². The van der Waals surface area contributed by atoms with Crippen molar-refractivity contribution in [2.75, 3.05) is 9.80 Å². The van der Waals surface area contributed by atoms with Gasteiger partial charge in [0, 0.05) is 50.5 Å². The first-order valence-electron chi connectivity index (χ1n) is 22.7. The van der Waals surface area contributed by atoms with Crippen molar-refractivity contribution in [1.29, 1.82) is 0 Å². The SMILES string of the molecule is c1ccc(-c2ccc(N(c3ccc4c(c3)-c3ccccc3C43c4ccc(N(c5ccccc5)c5ccccc5)cc4-c4oc5ccccc5c43)c3ccccc3-c3ccccc3)cc2)cc1. The standard InChI is InChI=1S/C63H42N2O/c1-5-19-43(20-6-1)44-33-35-48(36-34-44)65(59-31-17-14-27-51(59)45-21-7-2-8-22-45)50-38-39-57-54(41-50)52-28-13-16-30-56(52)63(57)58-40-37-49(42-55(58)62-61(63)53-29-15-18-32-60(53)66-62)64(46-23-9-3-10-24-46)47-25-11-4-12-26-47/h1-42H. The van der Waals surface area contributed by atoms with Crippen LogP contribution in [0.3, 0.4) is 0 Å². The van der Waals surface area contributed by atoms with Gasteiger partial charge in [-0.25, -0.2) is 0 Å². The number of nitrogens with zero attached hydrogens (tertiary/aromatic N) is 2. The van der Waals surface area contributed by atoms with Gasteiger partial charge in [0.25, 0.3) is 0 Å². The van der Waals surface area contributed by atoms with Crippen molar-refractivity contribution in [2.45, 2.75) is 5.41 Å². The summed E-state index contributed by atoms with van der Waals surface area (Å²) < 4.78 is 7.05. The minimum atomic E-state index is -0.616. The normalized spacial score (nSPS) is 14.1. The van der Waals surface area contributed by atoms with E-state index in [2.05, 4.69) is 265 Å². The van der Waals surface area contributed by atoms with Gasteiger partial charge in [-0.2, -0.15) is 0 Å². The van der Waals surface area contributed by atoms with Crippen LogP contribution < -0.4 is 9.80 Å². The van der Waals surface area contributed by atoms with E-state index in [1.54, 1.807) is 0 Å². The molecule has 0 bridgehead atoms. The smallest absolute Gasteiger partial charge is 0.140 e. The van der Waals surface area contributed by atoms with Crippen molar-refractivity contribution in [1.82, 2.24) is 0 Å². The highest BCUT2D eigenvalue weighted by atomic mass is 16.3. The topological polar surface area (TPSA) is 19.6 Å². The zero-order chi connectivity index (χ0) is 43.6. The number of hydrogen-bond acceptors (Lipinski definition) is 3. The van der Waals surface area contributed by atoms with E-state index in [9.17, 15) is 0 Å². The molecule has 0 saturated carbocycles. The van der Waals surface area contributed by atoms with Gasteiger partial charge in [0.1, 0.15) is 11.3 Å². The van der Waals surface area contributed by atoms with Gasteiger partial charge < -0.3 is 14.2 Å². The van der Waals surface area contributed by atoms with Gasteiger partial charge in [0.2, 0.25) is 0 Å². The molecule has 0 fully saturated rings. The molecule has 2 aliphatic rings. The Morgan fingerprint density at radius 3 is 1.47 bits per heavy atom. The summed E-state index contributed by atoms with van der Waals surface area (Å²) in [5.74, 6) is 0.928.